The van der Waals surface area contributed by atoms with Crippen molar-refractivity contribution in [2.24, 2.45) is 0 Å². The van der Waals surface area contributed by atoms with Crippen LogP contribution >= 0.6 is 0 Å². The minimum Gasteiger partial charge on any atom is -0.456 e. The van der Waals surface area contributed by atoms with Gasteiger partial charge in [-0.15, -0.1) is 0 Å². The maximum absolute atomic E-state index is 6.38. The second kappa shape index (κ2) is 7.84. The standard InChI is InChI=1S/C36H24O2/c1-21-3-7-23(8-4-21)25-11-13-29-33(19-25)37-31-17-15-28-27(35(29)31)16-18-32-36(28)30-14-12-26(20-34(30)38-32)24-9-5-22(2)6-10-24/h3-20H,1-2H3. The van der Waals surface area contributed by atoms with Crippen LogP contribution in [0.3, 0.4) is 0 Å². The second-order valence-electron chi connectivity index (χ2n) is 10.3. The Morgan fingerprint density at radius 2 is 0.711 bits per heavy atom. The van der Waals surface area contributed by atoms with Crippen LogP contribution in [0, 0.1) is 13.8 Å². The van der Waals surface area contributed by atoms with Gasteiger partial charge < -0.3 is 8.83 Å². The predicted molar refractivity (Wildman–Crippen MR) is 159 cm³/mol. The van der Waals surface area contributed by atoms with Crippen molar-refractivity contribution in [3.63, 3.8) is 0 Å². The molecule has 0 fully saturated rings. The molecule has 2 heteroatoms. The summed E-state index contributed by atoms with van der Waals surface area (Å²) >= 11 is 0. The van der Waals surface area contributed by atoms with Crippen LogP contribution < -0.4 is 0 Å². The Hall–Kier alpha value is -4.82. The third-order valence-corrected chi connectivity index (χ3v) is 7.84. The lowest BCUT2D eigenvalue weighted by atomic mass is 9.97. The van der Waals surface area contributed by atoms with Gasteiger partial charge in [-0.1, -0.05) is 71.8 Å². The van der Waals surface area contributed by atoms with Crippen molar-refractivity contribution in [3.8, 4) is 22.3 Å². The summed E-state index contributed by atoms with van der Waals surface area (Å²) in [5.41, 5.74) is 10.9. The first-order valence-corrected chi connectivity index (χ1v) is 13.0. The number of rotatable bonds is 2. The van der Waals surface area contributed by atoms with Crippen molar-refractivity contribution in [2.75, 3.05) is 0 Å². The van der Waals surface area contributed by atoms with E-state index in [1.54, 1.807) is 0 Å². The summed E-state index contributed by atoms with van der Waals surface area (Å²) < 4.78 is 12.8. The fraction of sp³-hybridized carbons (Fsp3) is 0.0556. The maximum Gasteiger partial charge on any atom is 0.136 e. The third-order valence-electron chi connectivity index (χ3n) is 7.84. The zero-order chi connectivity index (χ0) is 25.4. The van der Waals surface area contributed by atoms with E-state index in [1.807, 2.05) is 0 Å². The largest absolute Gasteiger partial charge is 0.456 e. The van der Waals surface area contributed by atoms with Gasteiger partial charge in [0.2, 0.25) is 0 Å². The zero-order valence-electron chi connectivity index (χ0n) is 21.2. The quantitative estimate of drug-likeness (QED) is 0.242. The molecule has 0 atom stereocenters. The Morgan fingerprint density at radius 3 is 1.13 bits per heavy atom. The minimum atomic E-state index is 0.905. The summed E-state index contributed by atoms with van der Waals surface area (Å²) in [7, 11) is 0. The summed E-state index contributed by atoms with van der Waals surface area (Å²) in [5.74, 6) is 0. The first-order valence-electron chi connectivity index (χ1n) is 13.0. The monoisotopic (exact) mass is 488 g/mol. The predicted octanol–water partition coefficient (Wildman–Crippen LogP) is 10.6. The van der Waals surface area contributed by atoms with Gasteiger partial charge in [-0.05, 0) is 95.4 Å². The summed E-state index contributed by atoms with van der Waals surface area (Å²) in [4.78, 5) is 0. The highest BCUT2D eigenvalue weighted by molar-refractivity contribution is 6.27. The molecule has 0 unspecified atom stereocenters. The molecule has 0 bridgehead atoms. The van der Waals surface area contributed by atoms with Crippen molar-refractivity contribution in [1.29, 1.82) is 0 Å². The molecule has 8 aromatic rings. The SMILES string of the molecule is Cc1ccc(-c2ccc3c(c2)oc2ccc4c(ccc5oc6cc(-c7ccc(C)cc7)ccc6c54)c23)cc1. The highest BCUT2D eigenvalue weighted by Crippen LogP contribution is 2.42. The molecular weight excluding hydrogens is 464 g/mol. The zero-order valence-corrected chi connectivity index (χ0v) is 21.2. The molecular formula is C36H24O2. The lowest BCUT2D eigenvalue weighted by molar-refractivity contribution is 0.668. The summed E-state index contributed by atoms with van der Waals surface area (Å²) in [6, 6.07) is 38.9. The van der Waals surface area contributed by atoms with Gasteiger partial charge in [0.25, 0.3) is 0 Å². The lowest BCUT2D eigenvalue weighted by Gasteiger charge is -2.04. The van der Waals surface area contributed by atoms with Crippen LogP contribution in [-0.2, 0) is 0 Å². The minimum absolute atomic E-state index is 0.905. The highest BCUT2D eigenvalue weighted by atomic mass is 16.3. The van der Waals surface area contributed by atoms with Crippen LogP contribution in [0.2, 0.25) is 0 Å². The Balaban J connectivity index is 1.33. The van der Waals surface area contributed by atoms with E-state index < -0.39 is 0 Å². The molecule has 38 heavy (non-hydrogen) atoms. The van der Waals surface area contributed by atoms with Crippen molar-refractivity contribution in [3.05, 3.63) is 120 Å². The number of aryl methyl sites for hydroxylation is 2. The Bertz CT molecular complexity index is 2010. The van der Waals surface area contributed by atoms with E-state index in [0.717, 1.165) is 55.0 Å². The average Bonchev–Trinajstić information content (AvgIpc) is 3.51. The van der Waals surface area contributed by atoms with Gasteiger partial charge in [0.15, 0.2) is 0 Å². The van der Waals surface area contributed by atoms with E-state index in [4.69, 9.17) is 8.83 Å². The van der Waals surface area contributed by atoms with E-state index in [1.165, 1.54) is 33.0 Å². The van der Waals surface area contributed by atoms with Crippen LogP contribution in [0.1, 0.15) is 11.1 Å². The van der Waals surface area contributed by atoms with Crippen molar-refractivity contribution in [1.82, 2.24) is 0 Å². The smallest absolute Gasteiger partial charge is 0.136 e. The number of fused-ring (bicyclic) bond motifs is 9. The Morgan fingerprint density at radius 1 is 0.342 bits per heavy atom. The third kappa shape index (κ3) is 3.13. The molecule has 0 saturated heterocycles. The number of benzene rings is 6. The molecule has 0 radical (unpaired) electrons. The normalized spacial score (nSPS) is 11.9. The fourth-order valence-corrected chi connectivity index (χ4v) is 5.81. The first kappa shape index (κ1) is 21.3. The molecule has 2 aromatic heterocycles. The molecule has 0 aliphatic rings. The van der Waals surface area contributed by atoms with E-state index in [-0.39, 0.29) is 0 Å². The molecule has 0 amide bonds. The Labute approximate surface area is 219 Å². The summed E-state index contributed by atoms with van der Waals surface area (Å²) in [6.45, 7) is 4.22. The van der Waals surface area contributed by atoms with Gasteiger partial charge in [-0.2, -0.15) is 0 Å². The first-order chi connectivity index (χ1) is 18.6. The second-order valence-corrected chi connectivity index (χ2v) is 10.3. The molecule has 0 saturated carbocycles. The number of furan rings is 2. The molecule has 6 aromatic carbocycles. The molecule has 0 aliphatic carbocycles. The molecule has 2 heterocycles. The number of hydrogen-bond donors (Lipinski definition) is 0. The molecule has 0 spiro atoms. The van der Waals surface area contributed by atoms with Gasteiger partial charge in [-0.3, -0.25) is 0 Å². The van der Waals surface area contributed by atoms with Crippen molar-refractivity contribution in [2.45, 2.75) is 13.8 Å². The van der Waals surface area contributed by atoms with Crippen molar-refractivity contribution < 1.29 is 8.83 Å². The summed E-state index contributed by atoms with van der Waals surface area (Å²) in [6.07, 6.45) is 0. The van der Waals surface area contributed by atoms with Crippen LogP contribution in [0.5, 0.6) is 0 Å². The van der Waals surface area contributed by atoms with Crippen molar-refractivity contribution >= 4 is 54.6 Å². The fourth-order valence-electron chi connectivity index (χ4n) is 5.81. The van der Waals surface area contributed by atoms with Crippen LogP contribution in [0.25, 0.3) is 76.9 Å². The van der Waals surface area contributed by atoms with Crippen LogP contribution in [0.15, 0.2) is 118 Å². The topological polar surface area (TPSA) is 26.3 Å². The van der Waals surface area contributed by atoms with Crippen LogP contribution in [0.4, 0.5) is 0 Å². The highest BCUT2D eigenvalue weighted by Gasteiger charge is 2.16. The van der Waals surface area contributed by atoms with Crippen LogP contribution in [-0.4, -0.2) is 0 Å². The number of hydrogen-bond acceptors (Lipinski definition) is 2. The van der Waals surface area contributed by atoms with Gasteiger partial charge in [0.1, 0.15) is 22.3 Å². The molecule has 180 valence electrons. The van der Waals surface area contributed by atoms with Gasteiger partial charge in [0, 0.05) is 21.5 Å². The van der Waals surface area contributed by atoms with E-state index >= 15 is 0 Å². The van der Waals surface area contributed by atoms with E-state index in [0.29, 0.717) is 0 Å². The molecule has 8 rings (SSSR count). The lowest BCUT2D eigenvalue weighted by Crippen LogP contribution is -1.80. The average molecular weight is 489 g/mol. The van der Waals surface area contributed by atoms with E-state index in [2.05, 4.69) is 123 Å². The molecule has 0 N–H and O–H groups in total. The van der Waals surface area contributed by atoms with Gasteiger partial charge >= 0.3 is 0 Å². The summed E-state index contributed by atoms with van der Waals surface area (Å²) in [5, 5.41) is 6.94. The molecule has 0 aliphatic heterocycles. The maximum atomic E-state index is 6.38. The Kier molecular flexibility index (Phi) is 4.39. The van der Waals surface area contributed by atoms with E-state index in [9.17, 15) is 0 Å². The van der Waals surface area contributed by atoms with Gasteiger partial charge in [0.05, 0.1) is 0 Å². The molecule has 2 nitrogen and oxygen atoms in total. The van der Waals surface area contributed by atoms with Gasteiger partial charge in [-0.25, -0.2) is 0 Å².